The maximum absolute atomic E-state index is 12.8. The van der Waals surface area contributed by atoms with Crippen molar-refractivity contribution in [3.8, 4) is 5.75 Å². The number of thioether (sulfide) groups is 1. The molecule has 0 spiro atoms. The highest BCUT2D eigenvalue weighted by Crippen LogP contribution is 2.36. The highest BCUT2D eigenvalue weighted by molar-refractivity contribution is 7.99. The standard InChI is InChI=1S/C30H35F3N2O4S/c1-39-23-6-9-27-26(18-23)25(12-14-34-27)28(36)10-2-20-13-15-35(19-21(20)3-11-29(37)38)16-17-40-24-7-4-22(5-8-24)30(31,32)33/h4-9,12,14,18,20-21,28,36H,2-3,10-11,13,15-17,19H2,1H3,(H,37,38)/t20-,21-,28-/m1/s1. The summed E-state index contributed by atoms with van der Waals surface area (Å²) in [5, 5.41) is 21.3. The Kier molecular flexibility index (Phi) is 10.3. The normalized spacial score (nSPS) is 19.0. The first-order valence-electron chi connectivity index (χ1n) is 13.5. The minimum atomic E-state index is -4.34. The number of methoxy groups -OCH3 is 1. The number of hydrogen-bond donors (Lipinski definition) is 2. The van der Waals surface area contributed by atoms with E-state index in [0.29, 0.717) is 24.5 Å². The molecule has 4 rings (SSSR count). The number of aromatic nitrogens is 1. The number of likely N-dealkylation sites (tertiary alicyclic amines) is 1. The van der Waals surface area contributed by atoms with E-state index in [-0.39, 0.29) is 12.3 Å². The van der Waals surface area contributed by atoms with Crippen LogP contribution >= 0.6 is 11.8 Å². The van der Waals surface area contributed by atoms with E-state index >= 15 is 0 Å². The SMILES string of the molecule is COc1ccc2nccc([C@H](O)CC[C@@H]3CCN(CCSc4ccc(C(F)(F)F)cc4)C[C@H]3CCC(=O)O)c2c1. The highest BCUT2D eigenvalue weighted by atomic mass is 32.2. The second-order valence-corrected chi connectivity index (χ2v) is 11.5. The molecule has 2 aromatic carbocycles. The Morgan fingerprint density at radius 3 is 2.62 bits per heavy atom. The van der Waals surface area contributed by atoms with Crippen LogP contribution in [0.1, 0.15) is 49.3 Å². The summed E-state index contributed by atoms with van der Waals surface area (Å²) < 4.78 is 43.7. The molecule has 0 radical (unpaired) electrons. The van der Waals surface area contributed by atoms with Crippen molar-refractivity contribution in [2.75, 3.05) is 32.5 Å². The van der Waals surface area contributed by atoms with Crippen LogP contribution in [0.15, 0.2) is 59.6 Å². The van der Waals surface area contributed by atoms with Crippen molar-refractivity contribution in [2.45, 2.75) is 49.3 Å². The number of fused-ring (bicyclic) bond motifs is 1. The number of ether oxygens (including phenoxy) is 1. The second-order valence-electron chi connectivity index (χ2n) is 10.3. The zero-order valence-corrected chi connectivity index (χ0v) is 23.3. The number of piperidine rings is 1. The van der Waals surface area contributed by atoms with Crippen LogP contribution in [0.5, 0.6) is 5.75 Å². The Bertz CT molecular complexity index is 1270. The topological polar surface area (TPSA) is 82.9 Å². The van der Waals surface area contributed by atoms with Crippen molar-refractivity contribution in [2.24, 2.45) is 11.8 Å². The smallest absolute Gasteiger partial charge is 0.416 e. The summed E-state index contributed by atoms with van der Waals surface area (Å²) in [6.07, 6.45) is -0.371. The number of carboxylic acids is 1. The third-order valence-corrected chi connectivity index (χ3v) is 8.71. The molecule has 1 aromatic heterocycles. The molecular formula is C30H35F3N2O4S. The van der Waals surface area contributed by atoms with Crippen LogP contribution in [0.4, 0.5) is 13.2 Å². The van der Waals surface area contributed by atoms with E-state index in [1.54, 1.807) is 13.3 Å². The number of aliphatic carboxylic acids is 1. The van der Waals surface area contributed by atoms with Crippen LogP contribution in [0.25, 0.3) is 10.9 Å². The number of aliphatic hydroxyl groups is 1. The molecule has 40 heavy (non-hydrogen) atoms. The lowest BCUT2D eigenvalue weighted by atomic mass is 9.79. The Morgan fingerprint density at radius 2 is 1.93 bits per heavy atom. The second kappa shape index (κ2) is 13.7. The molecule has 6 nitrogen and oxygen atoms in total. The molecule has 10 heteroatoms. The van der Waals surface area contributed by atoms with Crippen molar-refractivity contribution in [3.05, 3.63) is 65.9 Å². The molecule has 2 N–H and O–H groups in total. The van der Waals surface area contributed by atoms with Crippen LogP contribution in [-0.4, -0.2) is 58.6 Å². The number of benzene rings is 2. The summed E-state index contributed by atoms with van der Waals surface area (Å²) in [6, 6.07) is 12.7. The number of pyridine rings is 1. The minimum Gasteiger partial charge on any atom is -0.497 e. The lowest BCUT2D eigenvalue weighted by Gasteiger charge is -2.39. The van der Waals surface area contributed by atoms with E-state index in [1.807, 2.05) is 24.3 Å². The Hall–Kier alpha value is -2.82. The van der Waals surface area contributed by atoms with Gasteiger partial charge in [-0.15, -0.1) is 11.8 Å². The van der Waals surface area contributed by atoms with Crippen LogP contribution < -0.4 is 4.74 Å². The molecule has 3 aromatic rings. The molecule has 1 fully saturated rings. The lowest BCUT2D eigenvalue weighted by Crippen LogP contribution is -2.41. The zero-order chi connectivity index (χ0) is 28.7. The lowest BCUT2D eigenvalue weighted by molar-refractivity contribution is -0.138. The first kappa shape index (κ1) is 30.1. The van der Waals surface area contributed by atoms with Crippen LogP contribution in [0.2, 0.25) is 0 Å². The molecule has 1 saturated heterocycles. The van der Waals surface area contributed by atoms with E-state index in [4.69, 9.17) is 4.74 Å². The number of nitrogens with zero attached hydrogens (tertiary/aromatic N) is 2. The molecule has 2 heterocycles. The first-order chi connectivity index (χ1) is 19.1. The van der Waals surface area contributed by atoms with Gasteiger partial charge in [0, 0.05) is 41.7 Å². The molecule has 216 valence electrons. The van der Waals surface area contributed by atoms with Gasteiger partial charge in [-0.3, -0.25) is 9.78 Å². The number of rotatable bonds is 12. The molecule has 1 aliphatic rings. The molecule has 0 unspecified atom stereocenters. The van der Waals surface area contributed by atoms with Crippen molar-refractivity contribution < 1.29 is 32.9 Å². The minimum absolute atomic E-state index is 0.104. The molecule has 0 aliphatic carbocycles. The van der Waals surface area contributed by atoms with Gasteiger partial charge >= 0.3 is 12.1 Å². The van der Waals surface area contributed by atoms with Crippen molar-refractivity contribution >= 4 is 28.6 Å². The third-order valence-electron chi connectivity index (χ3n) is 7.71. The fourth-order valence-corrected chi connectivity index (χ4v) is 6.41. The maximum atomic E-state index is 12.8. The van der Waals surface area contributed by atoms with Gasteiger partial charge in [-0.05, 0) is 98.2 Å². The molecule has 0 saturated carbocycles. The fraction of sp³-hybridized carbons (Fsp3) is 0.467. The Labute approximate surface area is 236 Å². The molecular weight excluding hydrogens is 541 g/mol. The summed E-state index contributed by atoms with van der Waals surface area (Å²) in [5.74, 6) is 1.12. The molecule has 1 aliphatic heterocycles. The number of halogens is 3. The Balaban J connectivity index is 1.33. The summed E-state index contributed by atoms with van der Waals surface area (Å²) >= 11 is 1.52. The number of alkyl halides is 3. The number of carboxylic acid groups (broad SMARTS) is 1. The van der Waals surface area contributed by atoms with Crippen LogP contribution in [0.3, 0.4) is 0 Å². The van der Waals surface area contributed by atoms with Crippen LogP contribution in [-0.2, 0) is 11.0 Å². The van der Waals surface area contributed by atoms with Gasteiger partial charge in [0.15, 0.2) is 0 Å². The third kappa shape index (κ3) is 8.11. The number of carbonyl (C=O) groups is 1. The average molecular weight is 577 g/mol. The molecule has 0 bridgehead atoms. The monoisotopic (exact) mass is 576 g/mol. The van der Waals surface area contributed by atoms with Gasteiger partial charge in [-0.25, -0.2) is 0 Å². The molecule has 3 atom stereocenters. The quantitative estimate of drug-likeness (QED) is 0.233. The van der Waals surface area contributed by atoms with E-state index in [2.05, 4.69) is 9.88 Å². The number of aliphatic hydroxyl groups excluding tert-OH is 1. The highest BCUT2D eigenvalue weighted by Gasteiger charge is 2.31. The summed E-state index contributed by atoms with van der Waals surface area (Å²) in [6.45, 7) is 2.42. The van der Waals surface area contributed by atoms with E-state index in [9.17, 15) is 28.2 Å². The number of hydrogen-bond acceptors (Lipinski definition) is 6. The average Bonchev–Trinajstić information content (AvgIpc) is 2.94. The van der Waals surface area contributed by atoms with Crippen molar-refractivity contribution in [1.82, 2.24) is 9.88 Å². The predicted octanol–water partition coefficient (Wildman–Crippen LogP) is 6.67. The maximum Gasteiger partial charge on any atom is 0.416 e. The van der Waals surface area contributed by atoms with Gasteiger partial charge in [0.2, 0.25) is 0 Å². The van der Waals surface area contributed by atoms with Crippen molar-refractivity contribution in [3.63, 3.8) is 0 Å². The zero-order valence-electron chi connectivity index (χ0n) is 22.4. The van der Waals surface area contributed by atoms with Gasteiger partial charge in [0.05, 0.1) is 24.3 Å². The van der Waals surface area contributed by atoms with E-state index < -0.39 is 23.8 Å². The largest absolute Gasteiger partial charge is 0.497 e. The Morgan fingerprint density at radius 1 is 1.15 bits per heavy atom. The summed E-state index contributed by atoms with van der Waals surface area (Å²) in [5.41, 5.74) is 0.949. The van der Waals surface area contributed by atoms with E-state index in [0.717, 1.165) is 71.7 Å². The first-order valence-corrected chi connectivity index (χ1v) is 14.5. The predicted molar refractivity (Wildman–Crippen MR) is 150 cm³/mol. The summed E-state index contributed by atoms with van der Waals surface area (Å²) in [4.78, 5) is 18.8. The summed E-state index contributed by atoms with van der Waals surface area (Å²) in [7, 11) is 1.60. The van der Waals surface area contributed by atoms with Gasteiger partial charge < -0.3 is 19.8 Å². The molecule has 0 amide bonds. The van der Waals surface area contributed by atoms with Gasteiger partial charge in [0.1, 0.15) is 5.75 Å². The fourth-order valence-electron chi connectivity index (χ4n) is 5.50. The van der Waals surface area contributed by atoms with Crippen molar-refractivity contribution in [1.29, 1.82) is 0 Å². The van der Waals surface area contributed by atoms with Gasteiger partial charge in [-0.2, -0.15) is 13.2 Å². The van der Waals surface area contributed by atoms with Gasteiger partial charge in [0.25, 0.3) is 0 Å². The van der Waals surface area contributed by atoms with Crippen LogP contribution in [0, 0.1) is 11.8 Å². The van der Waals surface area contributed by atoms with Gasteiger partial charge in [-0.1, -0.05) is 0 Å². The van der Waals surface area contributed by atoms with E-state index in [1.165, 1.54) is 23.9 Å².